The van der Waals surface area contributed by atoms with Crippen molar-refractivity contribution in [3.8, 4) is 0 Å². The van der Waals surface area contributed by atoms with Crippen LogP contribution in [-0.2, 0) is 11.0 Å². The van der Waals surface area contributed by atoms with Crippen LogP contribution in [0.5, 0.6) is 0 Å². The Kier molecular flexibility index (Phi) is 6.25. The molecule has 3 aromatic rings. The highest BCUT2D eigenvalue weighted by Crippen LogP contribution is 2.34. The smallest absolute Gasteiger partial charge is 0.356 e. The third-order valence-corrected chi connectivity index (χ3v) is 4.97. The molecule has 0 fully saturated rings. The zero-order valence-corrected chi connectivity index (χ0v) is 16.5. The molecule has 4 nitrogen and oxygen atoms in total. The largest absolute Gasteiger partial charge is 0.416 e. The van der Waals surface area contributed by atoms with E-state index in [0.717, 1.165) is 30.7 Å². The minimum Gasteiger partial charge on any atom is -0.356 e. The lowest BCUT2D eigenvalue weighted by molar-refractivity contribution is -0.137. The quantitative estimate of drug-likeness (QED) is 0.558. The summed E-state index contributed by atoms with van der Waals surface area (Å²) < 4.78 is 41.7. The number of amides is 1. The molecule has 1 aromatic carbocycles. The molecule has 3 rings (SSSR count). The highest BCUT2D eigenvalue weighted by molar-refractivity contribution is 5.77. The van der Waals surface area contributed by atoms with Crippen molar-refractivity contribution in [1.82, 2.24) is 14.7 Å². The van der Waals surface area contributed by atoms with Gasteiger partial charge in [0.15, 0.2) is 0 Å². The second-order valence-electron chi connectivity index (χ2n) is 7.13. The number of hydrogen-bond donors (Lipinski definition) is 1. The molecule has 0 aliphatic heterocycles. The minimum absolute atomic E-state index is 0.0488. The SMILES string of the molecule is CCCCNC(=O)CC(c1cccc(C(F)(F)F)c1)c1cnc2cccc(C)n12. The van der Waals surface area contributed by atoms with Crippen molar-refractivity contribution in [1.29, 1.82) is 0 Å². The monoisotopic (exact) mass is 403 g/mol. The molecule has 0 spiro atoms. The fourth-order valence-electron chi connectivity index (χ4n) is 3.46. The molecule has 0 bridgehead atoms. The fraction of sp³-hybridized carbons (Fsp3) is 0.364. The molecule has 7 heteroatoms. The van der Waals surface area contributed by atoms with Gasteiger partial charge in [0.1, 0.15) is 5.65 Å². The van der Waals surface area contributed by atoms with E-state index in [4.69, 9.17) is 0 Å². The van der Waals surface area contributed by atoms with Gasteiger partial charge in [0.2, 0.25) is 5.91 Å². The van der Waals surface area contributed by atoms with Crippen LogP contribution in [0.1, 0.15) is 54.6 Å². The average molecular weight is 403 g/mol. The molecule has 2 aromatic heterocycles. The number of aromatic nitrogens is 2. The van der Waals surface area contributed by atoms with Crippen molar-refractivity contribution in [3.63, 3.8) is 0 Å². The van der Waals surface area contributed by atoms with Gasteiger partial charge in [-0.1, -0.05) is 37.6 Å². The van der Waals surface area contributed by atoms with E-state index in [9.17, 15) is 18.0 Å². The van der Waals surface area contributed by atoms with Gasteiger partial charge in [-0.25, -0.2) is 4.98 Å². The molecule has 29 heavy (non-hydrogen) atoms. The topological polar surface area (TPSA) is 46.4 Å². The fourth-order valence-corrected chi connectivity index (χ4v) is 3.46. The summed E-state index contributed by atoms with van der Waals surface area (Å²) in [7, 11) is 0. The van der Waals surface area contributed by atoms with E-state index in [2.05, 4.69) is 10.3 Å². The first kappa shape index (κ1) is 20.9. The van der Waals surface area contributed by atoms with Crippen LogP contribution in [0.2, 0.25) is 0 Å². The molecule has 2 heterocycles. The van der Waals surface area contributed by atoms with Crippen LogP contribution in [0, 0.1) is 6.92 Å². The first-order chi connectivity index (χ1) is 13.8. The van der Waals surface area contributed by atoms with Gasteiger partial charge >= 0.3 is 6.18 Å². The first-order valence-corrected chi connectivity index (χ1v) is 9.68. The van der Waals surface area contributed by atoms with Crippen LogP contribution in [0.15, 0.2) is 48.7 Å². The normalized spacial score (nSPS) is 12.9. The van der Waals surface area contributed by atoms with Crippen LogP contribution in [0.25, 0.3) is 5.65 Å². The molecule has 0 aliphatic rings. The Balaban J connectivity index is 2.04. The molecule has 0 saturated heterocycles. The summed E-state index contributed by atoms with van der Waals surface area (Å²) in [5.41, 5.74) is 2.01. The number of fused-ring (bicyclic) bond motifs is 1. The maximum Gasteiger partial charge on any atom is 0.416 e. The van der Waals surface area contributed by atoms with E-state index < -0.39 is 17.7 Å². The summed E-state index contributed by atoms with van der Waals surface area (Å²) in [6.07, 6.45) is -0.947. The lowest BCUT2D eigenvalue weighted by atomic mass is 9.91. The number of hydrogen-bond acceptors (Lipinski definition) is 2. The third kappa shape index (κ3) is 4.78. The van der Waals surface area contributed by atoms with Gasteiger partial charge in [0.05, 0.1) is 11.3 Å². The maximum absolute atomic E-state index is 13.3. The number of imidazole rings is 1. The number of nitrogens with zero attached hydrogens (tertiary/aromatic N) is 2. The number of aryl methyl sites for hydroxylation is 1. The standard InChI is InChI=1S/C22H24F3N3O/c1-3-4-11-26-21(29)13-18(16-8-6-9-17(12-16)22(23,24)25)19-14-27-20-10-5-7-15(2)28(19)20/h5-10,12,14,18H,3-4,11,13H2,1-2H3,(H,26,29). The number of nitrogens with one attached hydrogen (secondary N) is 1. The van der Waals surface area contributed by atoms with Crippen molar-refractivity contribution in [2.45, 2.75) is 45.2 Å². The molecule has 1 N–H and O–H groups in total. The maximum atomic E-state index is 13.3. The number of benzene rings is 1. The molecule has 0 saturated carbocycles. The summed E-state index contributed by atoms with van der Waals surface area (Å²) in [5.74, 6) is -0.737. The highest BCUT2D eigenvalue weighted by atomic mass is 19.4. The number of rotatable bonds is 7. The molecule has 1 unspecified atom stereocenters. The summed E-state index contributed by atoms with van der Waals surface area (Å²) in [5, 5.41) is 2.86. The molecule has 0 radical (unpaired) electrons. The predicted molar refractivity (Wildman–Crippen MR) is 106 cm³/mol. The van der Waals surface area contributed by atoms with Crippen molar-refractivity contribution in [3.05, 3.63) is 71.2 Å². The third-order valence-electron chi connectivity index (χ3n) is 4.97. The van der Waals surface area contributed by atoms with Crippen molar-refractivity contribution >= 4 is 11.6 Å². The van der Waals surface area contributed by atoms with Crippen molar-refractivity contribution < 1.29 is 18.0 Å². The second kappa shape index (κ2) is 8.68. The Morgan fingerprint density at radius 1 is 1.21 bits per heavy atom. The summed E-state index contributed by atoms with van der Waals surface area (Å²) in [6, 6.07) is 10.8. The van der Waals surface area contributed by atoms with E-state index >= 15 is 0 Å². The Labute approximate surface area is 167 Å². The average Bonchev–Trinajstić information content (AvgIpc) is 3.11. The zero-order chi connectivity index (χ0) is 21.0. The van der Waals surface area contributed by atoms with Gasteiger partial charge in [-0.05, 0) is 37.1 Å². The van der Waals surface area contributed by atoms with Gasteiger partial charge in [0, 0.05) is 30.8 Å². The summed E-state index contributed by atoms with van der Waals surface area (Å²) >= 11 is 0. The Bertz CT molecular complexity index is 994. The van der Waals surface area contributed by atoms with Crippen LogP contribution >= 0.6 is 0 Å². The molecule has 154 valence electrons. The molecule has 1 atom stereocenters. The number of unbranched alkanes of at least 4 members (excludes halogenated alkanes) is 1. The lowest BCUT2D eigenvalue weighted by Crippen LogP contribution is -2.26. The van der Waals surface area contributed by atoms with Gasteiger partial charge in [-0.3, -0.25) is 4.79 Å². The van der Waals surface area contributed by atoms with Crippen molar-refractivity contribution in [2.75, 3.05) is 6.54 Å². The number of halogens is 3. The summed E-state index contributed by atoms with van der Waals surface area (Å²) in [4.78, 5) is 16.9. The van der Waals surface area contributed by atoms with E-state index in [0.29, 0.717) is 23.4 Å². The van der Waals surface area contributed by atoms with Gasteiger partial charge < -0.3 is 9.72 Å². The Morgan fingerprint density at radius 2 is 1.97 bits per heavy atom. The van der Waals surface area contributed by atoms with Crippen LogP contribution in [-0.4, -0.2) is 21.8 Å². The van der Waals surface area contributed by atoms with E-state index in [1.807, 2.05) is 36.4 Å². The van der Waals surface area contributed by atoms with Crippen LogP contribution < -0.4 is 5.32 Å². The molecule has 1 amide bonds. The molecular formula is C22H24F3N3O. The Morgan fingerprint density at radius 3 is 2.69 bits per heavy atom. The minimum atomic E-state index is -4.45. The highest BCUT2D eigenvalue weighted by Gasteiger charge is 2.32. The van der Waals surface area contributed by atoms with Crippen LogP contribution in [0.4, 0.5) is 13.2 Å². The number of carbonyl (C=O) groups is 1. The van der Waals surface area contributed by atoms with Gasteiger partial charge in [0.25, 0.3) is 0 Å². The van der Waals surface area contributed by atoms with Gasteiger partial charge in [-0.2, -0.15) is 13.2 Å². The Hall–Kier alpha value is -2.83. The van der Waals surface area contributed by atoms with Crippen molar-refractivity contribution in [2.24, 2.45) is 0 Å². The molecule has 0 aliphatic carbocycles. The van der Waals surface area contributed by atoms with Crippen LogP contribution in [0.3, 0.4) is 0 Å². The van der Waals surface area contributed by atoms with E-state index in [1.165, 1.54) is 6.07 Å². The summed E-state index contributed by atoms with van der Waals surface area (Å²) in [6.45, 7) is 4.48. The van der Waals surface area contributed by atoms with Gasteiger partial charge in [-0.15, -0.1) is 0 Å². The second-order valence-corrected chi connectivity index (χ2v) is 7.13. The number of alkyl halides is 3. The molecular weight excluding hydrogens is 379 g/mol. The van der Waals surface area contributed by atoms with E-state index in [-0.39, 0.29) is 12.3 Å². The predicted octanol–water partition coefficient (Wildman–Crippen LogP) is 5.10. The lowest BCUT2D eigenvalue weighted by Gasteiger charge is -2.19. The zero-order valence-electron chi connectivity index (χ0n) is 16.5. The van der Waals surface area contributed by atoms with E-state index in [1.54, 1.807) is 12.3 Å². The number of pyridine rings is 1. The number of carbonyl (C=O) groups excluding carboxylic acids is 1. The first-order valence-electron chi connectivity index (χ1n) is 9.68.